The van der Waals surface area contributed by atoms with Gasteiger partial charge >= 0.3 is 11.9 Å². The lowest BCUT2D eigenvalue weighted by Gasteiger charge is -2.26. The second-order valence-corrected chi connectivity index (χ2v) is 20.2. The highest BCUT2D eigenvalue weighted by Crippen LogP contribution is 2.13. The maximum atomic E-state index is 12.9. The van der Waals surface area contributed by atoms with Crippen LogP contribution < -0.4 is 5.11 Å². The molecule has 0 amide bonds. The summed E-state index contributed by atoms with van der Waals surface area (Å²) in [6, 6.07) is 0. The van der Waals surface area contributed by atoms with E-state index in [2.05, 4.69) is 172 Å². The molecule has 0 aromatic heterocycles. The largest absolute Gasteiger partial charge is 0.545 e. The molecule has 0 bridgehead atoms. The first-order valence-corrected chi connectivity index (χ1v) is 29.6. The van der Waals surface area contributed by atoms with E-state index in [0.29, 0.717) is 23.9 Å². The van der Waals surface area contributed by atoms with Crippen LogP contribution in [0, 0.1) is 0 Å². The first kappa shape index (κ1) is 71.9. The van der Waals surface area contributed by atoms with Gasteiger partial charge in [-0.2, -0.15) is 0 Å². The second kappa shape index (κ2) is 57.1. The number of likely N-dealkylation sites (N-methyl/N-ethyl adjacent to an activating group) is 1. The fourth-order valence-corrected chi connectivity index (χ4v) is 7.28. The van der Waals surface area contributed by atoms with Crippen molar-refractivity contribution in [3.05, 3.63) is 158 Å². The first-order chi connectivity index (χ1) is 37.6. The summed E-state index contributed by atoms with van der Waals surface area (Å²) in [6.07, 6.45) is 81.5. The van der Waals surface area contributed by atoms with Gasteiger partial charge in [-0.05, 0) is 122 Å². The van der Waals surface area contributed by atoms with Gasteiger partial charge in [-0.25, -0.2) is 0 Å². The predicted octanol–water partition coefficient (Wildman–Crippen LogP) is 16.4. The highest BCUT2D eigenvalue weighted by atomic mass is 16.7. The number of carboxylic acids is 1. The molecule has 0 aliphatic heterocycles. The molecule has 9 nitrogen and oxygen atoms in total. The highest BCUT2D eigenvalue weighted by molar-refractivity contribution is 5.70. The number of hydrogen-bond donors (Lipinski definition) is 0. The molecule has 2 atom stereocenters. The molecular weight excluding hydrogens is 959 g/mol. The Balaban J connectivity index is 4.33. The topological polar surface area (TPSA) is 111 Å². The Morgan fingerprint density at radius 2 is 0.701 bits per heavy atom. The van der Waals surface area contributed by atoms with Gasteiger partial charge < -0.3 is 33.3 Å². The fraction of sp³-hybridized carbons (Fsp3) is 0.574. The average Bonchev–Trinajstić information content (AvgIpc) is 3.40. The smallest absolute Gasteiger partial charge is 0.306 e. The molecule has 432 valence electrons. The van der Waals surface area contributed by atoms with Crippen LogP contribution in [0.15, 0.2) is 158 Å². The molecule has 0 N–H and O–H groups in total. The number of quaternary nitrogens is 1. The van der Waals surface area contributed by atoms with E-state index in [1.807, 2.05) is 21.1 Å². The Kier molecular flexibility index (Phi) is 53.3. The van der Waals surface area contributed by atoms with Crippen molar-refractivity contribution in [3.63, 3.8) is 0 Å². The zero-order valence-corrected chi connectivity index (χ0v) is 49.0. The molecule has 0 saturated carbocycles. The molecule has 0 heterocycles. The Morgan fingerprint density at radius 3 is 1.04 bits per heavy atom. The molecule has 9 heteroatoms. The molecule has 0 fully saturated rings. The summed E-state index contributed by atoms with van der Waals surface area (Å²) in [4.78, 5) is 37.3. The fourth-order valence-electron chi connectivity index (χ4n) is 7.28. The molecule has 0 spiro atoms. The molecule has 0 aromatic carbocycles. The quantitative estimate of drug-likeness (QED) is 0.0195. The maximum absolute atomic E-state index is 12.9. The van der Waals surface area contributed by atoms with Crippen molar-refractivity contribution in [2.75, 3.05) is 47.5 Å². The summed E-state index contributed by atoms with van der Waals surface area (Å²) in [6.45, 7) is 4.45. The van der Waals surface area contributed by atoms with Crippen molar-refractivity contribution < 1.29 is 42.9 Å². The highest BCUT2D eigenvalue weighted by Gasteiger charge is 2.22. The molecule has 0 aromatic rings. The van der Waals surface area contributed by atoms with Gasteiger partial charge in [-0.3, -0.25) is 9.59 Å². The van der Waals surface area contributed by atoms with E-state index in [1.165, 1.54) is 19.3 Å². The summed E-state index contributed by atoms with van der Waals surface area (Å²) in [5.41, 5.74) is 0. The van der Waals surface area contributed by atoms with E-state index in [4.69, 9.17) is 18.9 Å². The minimum absolute atomic E-state index is 0.131. The molecule has 0 radical (unpaired) electrons. The normalized spacial score (nSPS) is 13.9. The van der Waals surface area contributed by atoms with Gasteiger partial charge in [0.05, 0.1) is 40.3 Å². The van der Waals surface area contributed by atoms with Crippen molar-refractivity contribution in [3.8, 4) is 0 Å². The Bertz CT molecular complexity index is 1810. The average molecular weight is 1070 g/mol. The number of hydrogen-bond acceptors (Lipinski definition) is 8. The lowest BCUT2D eigenvalue weighted by atomic mass is 10.1. The van der Waals surface area contributed by atoms with Gasteiger partial charge in [0.2, 0.25) is 0 Å². The van der Waals surface area contributed by atoms with Crippen molar-refractivity contribution in [2.24, 2.45) is 0 Å². The van der Waals surface area contributed by atoms with Crippen LogP contribution in [0.5, 0.6) is 0 Å². The van der Waals surface area contributed by atoms with Crippen LogP contribution in [0.1, 0.15) is 194 Å². The lowest BCUT2D eigenvalue weighted by molar-refractivity contribution is -0.870. The predicted molar refractivity (Wildman–Crippen MR) is 324 cm³/mol. The number of carbonyl (C=O) groups excluding carboxylic acids is 3. The Hall–Kier alpha value is -5.09. The standard InChI is InChI=1S/C68H107NO8/c1-6-8-10-12-14-16-18-20-22-24-25-26-27-28-29-30-31-32-33-34-35-36-37-38-39-40-41-43-45-47-49-51-53-55-57-59-66(71)77-64(63-76-68(67(72)73)74-61-60-69(3,4)5)62-75-65(70)58-56-54-52-50-48-46-44-42-23-21-19-17-15-13-11-9-7-2/h8-11,14-17,20-23,25-26,28-29,31-32,34-35,37-38,40-41,45,47,64,68H,6-7,12-13,18-19,24,27,30,33,36,39,42-44,46,48-63H2,1-5H3/b10-8-,11-9-,16-14-,17-15-,22-20-,23-21-,26-25-,29-28-,32-31-,35-34-,38-37-,41-40-,47-45-. The third-order valence-corrected chi connectivity index (χ3v) is 11.8. The number of nitrogens with zero attached hydrogens (tertiary/aromatic N) is 1. The van der Waals surface area contributed by atoms with Crippen LogP contribution >= 0.6 is 0 Å². The number of aliphatic carboxylic acids is 1. The molecule has 77 heavy (non-hydrogen) atoms. The van der Waals surface area contributed by atoms with E-state index in [1.54, 1.807) is 0 Å². The zero-order valence-electron chi connectivity index (χ0n) is 49.0. The summed E-state index contributed by atoms with van der Waals surface area (Å²) in [7, 11) is 5.89. The molecule has 0 aliphatic carbocycles. The monoisotopic (exact) mass is 1070 g/mol. The van der Waals surface area contributed by atoms with Gasteiger partial charge in [0.1, 0.15) is 13.2 Å². The Morgan fingerprint density at radius 1 is 0.390 bits per heavy atom. The summed E-state index contributed by atoms with van der Waals surface area (Å²) in [5.74, 6) is -2.35. The van der Waals surface area contributed by atoms with Crippen LogP contribution in [0.4, 0.5) is 0 Å². The van der Waals surface area contributed by atoms with Crippen LogP contribution in [-0.4, -0.2) is 82.3 Å². The molecule has 0 saturated heterocycles. The molecular formula is C68H107NO8. The number of allylic oxidation sites excluding steroid dienone is 26. The van der Waals surface area contributed by atoms with Crippen LogP contribution in [0.25, 0.3) is 0 Å². The van der Waals surface area contributed by atoms with E-state index in [9.17, 15) is 19.5 Å². The van der Waals surface area contributed by atoms with Gasteiger partial charge in [-0.15, -0.1) is 0 Å². The number of carbonyl (C=O) groups is 3. The van der Waals surface area contributed by atoms with Gasteiger partial charge in [-0.1, -0.05) is 217 Å². The number of esters is 2. The van der Waals surface area contributed by atoms with E-state index in [0.717, 1.165) is 135 Å². The molecule has 0 aliphatic rings. The second-order valence-electron chi connectivity index (χ2n) is 20.2. The Labute approximate surface area is 470 Å². The third kappa shape index (κ3) is 58.4. The maximum Gasteiger partial charge on any atom is 0.306 e. The lowest BCUT2D eigenvalue weighted by Crippen LogP contribution is -2.44. The molecule has 0 rings (SSSR count). The SMILES string of the molecule is CC/C=C\C/C=C\C/C=C\C/C=C\C/C=C\C/C=C\C/C=C\C/C=C\C/C=C\C/C=C\CCCCCCC(=O)OC(COC(=O)CCCCCCCCC/C=C\C/C=C\C/C=C\CC)COC(OCC[N+](C)(C)C)C(=O)[O-]. The first-order valence-electron chi connectivity index (χ1n) is 29.6. The van der Waals surface area contributed by atoms with Crippen molar-refractivity contribution in [1.29, 1.82) is 0 Å². The summed E-state index contributed by atoms with van der Waals surface area (Å²) in [5, 5.41) is 11.8. The van der Waals surface area contributed by atoms with E-state index in [-0.39, 0.29) is 38.6 Å². The van der Waals surface area contributed by atoms with Gasteiger partial charge in [0, 0.05) is 12.8 Å². The minimum atomic E-state index is -1.64. The van der Waals surface area contributed by atoms with Gasteiger partial charge in [0.25, 0.3) is 0 Å². The zero-order chi connectivity index (χ0) is 56.2. The minimum Gasteiger partial charge on any atom is -0.545 e. The number of rotatable bonds is 52. The van der Waals surface area contributed by atoms with Crippen molar-refractivity contribution in [2.45, 2.75) is 206 Å². The number of unbranched alkanes of at least 4 members (excludes halogenated alkanes) is 11. The van der Waals surface area contributed by atoms with E-state index >= 15 is 0 Å². The van der Waals surface area contributed by atoms with E-state index < -0.39 is 24.3 Å². The van der Waals surface area contributed by atoms with Gasteiger partial charge in [0.15, 0.2) is 12.4 Å². The van der Waals surface area contributed by atoms with Crippen LogP contribution in [-0.2, 0) is 33.3 Å². The number of ether oxygens (including phenoxy) is 4. The third-order valence-electron chi connectivity index (χ3n) is 11.8. The van der Waals surface area contributed by atoms with Crippen LogP contribution in [0.2, 0.25) is 0 Å². The number of carboxylic acid groups (broad SMARTS) is 1. The summed E-state index contributed by atoms with van der Waals surface area (Å²) < 4.78 is 22.6. The van der Waals surface area contributed by atoms with Crippen molar-refractivity contribution >= 4 is 17.9 Å². The van der Waals surface area contributed by atoms with Crippen molar-refractivity contribution in [1.82, 2.24) is 0 Å². The van der Waals surface area contributed by atoms with Crippen LogP contribution in [0.3, 0.4) is 0 Å². The molecule has 2 unspecified atom stereocenters. The summed E-state index contributed by atoms with van der Waals surface area (Å²) >= 11 is 0.